The molecule has 1 N–H and O–H groups in total. The maximum Gasteiger partial charge on any atom is 0.0642 e. The van der Waals surface area contributed by atoms with Crippen LogP contribution in [-0.2, 0) is 42.6 Å². The van der Waals surface area contributed by atoms with Crippen molar-refractivity contribution in [3.8, 4) is 0 Å². The van der Waals surface area contributed by atoms with Gasteiger partial charge in [-0.3, -0.25) is 44.7 Å². The van der Waals surface area contributed by atoms with Crippen molar-refractivity contribution in [2.75, 3.05) is 200 Å². The number of nitrogens with zero attached hydrogens (tertiary/aromatic N) is 17. The highest BCUT2D eigenvalue weighted by atomic mass is 16.5. The largest absolute Gasteiger partial charge is 0.378 e. The van der Waals surface area contributed by atoms with Gasteiger partial charge in [-0.05, 0) is 125 Å². The number of rotatable bonds is 9. The molecule has 7 aliphatic rings. The summed E-state index contributed by atoms with van der Waals surface area (Å²) in [5, 5.41) is 3.36. The van der Waals surface area contributed by atoms with Gasteiger partial charge < -0.3 is 49.3 Å². The summed E-state index contributed by atoms with van der Waals surface area (Å²) in [5.74, 6) is 0. The molecule has 19 nitrogen and oxygen atoms in total. The van der Waals surface area contributed by atoms with Crippen molar-refractivity contribution in [2.24, 2.45) is 0 Å². The zero-order chi connectivity index (χ0) is 83.9. The third-order valence-electron chi connectivity index (χ3n) is 22.6. The Kier molecular flexibility index (Phi) is 34.3. The van der Waals surface area contributed by atoms with E-state index in [1.54, 1.807) is 0 Å². The monoisotopic (exact) mass is 1580 g/mol. The molecule has 14 rings (SSSR count). The molecular formula is C96H154N18O. The Hall–Kier alpha value is -7.39. The van der Waals surface area contributed by atoms with Crippen LogP contribution in [0.4, 0.5) is 34.1 Å². The zero-order valence-electron chi connectivity index (χ0n) is 76.5. The maximum atomic E-state index is 5.34. The number of nitrogens with one attached hydrogen (secondary N) is 1. The Morgan fingerprint density at radius 1 is 0.330 bits per heavy atom. The first kappa shape index (κ1) is 93.1. The van der Waals surface area contributed by atoms with Crippen LogP contribution in [0.15, 0.2) is 134 Å². The summed E-state index contributed by atoms with van der Waals surface area (Å²) in [5.41, 5.74) is 16.6. The van der Waals surface area contributed by atoms with Gasteiger partial charge >= 0.3 is 0 Å². The molecule has 0 amide bonds. The van der Waals surface area contributed by atoms with Crippen LogP contribution in [0.2, 0.25) is 0 Å². The summed E-state index contributed by atoms with van der Waals surface area (Å²) in [4.78, 5) is 56.3. The third kappa shape index (κ3) is 30.5. The molecule has 7 aromatic heterocycles. The van der Waals surface area contributed by atoms with E-state index >= 15 is 0 Å². The van der Waals surface area contributed by atoms with Gasteiger partial charge in [-0.2, -0.15) is 0 Å². The molecule has 1 saturated carbocycles. The van der Waals surface area contributed by atoms with Gasteiger partial charge in [0.15, 0.2) is 0 Å². The topological polar surface area (TPSA) is 144 Å². The van der Waals surface area contributed by atoms with Gasteiger partial charge in [0, 0.05) is 240 Å². The van der Waals surface area contributed by atoms with Crippen LogP contribution in [0.5, 0.6) is 0 Å². The number of ether oxygens (including phenoxy) is 1. The van der Waals surface area contributed by atoms with Crippen LogP contribution in [0.3, 0.4) is 0 Å². The van der Waals surface area contributed by atoms with Crippen molar-refractivity contribution in [3.63, 3.8) is 0 Å². The molecule has 6 aliphatic heterocycles. The molecule has 7 fully saturated rings. The van der Waals surface area contributed by atoms with Gasteiger partial charge in [0.2, 0.25) is 0 Å². The molecule has 6 saturated heterocycles. The Morgan fingerprint density at radius 2 is 0.609 bits per heavy atom. The minimum Gasteiger partial charge on any atom is -0.378 e. The van der Waals surface area contributed by atoms with E-state index in [2.05, 4.69) is 341 Å². The molecule has 7 aromatic rings. The minimum absolute atomic E-state index is 0.129. The number of morpholine rings is 1. The standard InChI is InChI=1S/C16H25N3.C16H27N3.C15H25N3.C14H23N3.C13H21N3.C13H20N2O.C9H13N/c1-16(2,3)15-7-6-14(12-17-15)19-10-8-18(9-11-19)13-4-5-13;1-13(2)18-8-10-19(11-9-18)14-6-7-15(17-12-14)16(3,4)5;1-5-17-8-10-18(11-9-17)13-6-7-14(16-12-13)15(2,3)4;1-14(2,3)13-6-5-12(11-15-13)17-9-7-16(4)8-10-17;1-13(2,3)12-5-4-11(10-15-12)16-8-6-14-7-9-16;1-13(2,3)12-5-4-11(10-14-12)15-6-8-16-9-7-15;1-9(2,3)8-6-4-5-7-10-8/h6-7,12-13H,4-5,8-11H2,1-3H3;6-7,12-13H,8-11H2,1-5H3;6-7,12H,5,8-11H2,1-4H3;5-6,11H,7-10H2,1-4H3;4-5,10,14H,6-9H2,1-3H3;4-5,10H,6-9H2,1-3H3;4-7H,1-3H3. The van der Waals surface area contributed by atoms with E-state index in [1.165, 1.54) is 71.4 Å². The molecule has 634 valence electrons. The van der Waals surface area contributed by atoms with E-state index in [0.717, 1.165) is 185 Å². The molecule has 0 radical (unpaired) electrons. The fourth-order valence-corrected chi connectivity index (χ4v) is 14.3. The van der Waals surface area contributed by atoms with Crippen molar-refractivity contribution in [2.45, 2.75) is 229 Å². The second kappa shape index (κ2) is 42.3. The maximum absolute atomic E-state index is 5.34. The van der Waals surface area contributed by atoms with Crippen LogP contribution in [-0.4, -0.2) is 237 Å². The average molecular weight is 1580 g/mol. The number of hydrogen-bond acceptors (Lipinski definition) is 19. The molecule has 0 bridgehead atoms. The fourth-order valence-electron chi connectivity index (χ4n) is 14.3. The lowest BCUT2D eigenvalue weighted by Gasteiger charge is -2.38. The molecule has 115 heavy (non-hydrogen) atoms. The summed E-state index contributed by atoms with van der Waals surface area (Å²) < 4.78 is 5.34. The van der Waals surface area contributed by atoms with Crippen LogP contribution in [0.25, 0.3) is 0 Å². The number of aromatic nitrogens is 7. The van der Waals surface area contributed by atoms with Crippen molar-refractivity contribution >= 4 is 34.1 Å². The molecule has 19 heteroatoms. The highest BCUT2D eigenvalue weighted by molar-refractivity contribution is 5.50. The second-order valence-corrected chi connectivity index (χ2v) is 39.8. The minimum atomic E-state index is 0.129. The molecule has 0 spiro atoms. The van der Waals surface area contributed by atoms with Gasteiger partial charge in [0.05, 0.1) is 84.5 Å². The number of hydrogen-bond donors (Lipinski definition) is 1. The van der Waals surface area contributed by atoms with Gasteiger partial charge in [0.1, 0.15) is 0 Å². The van der Waals surface area contributed by atoms with Crippen LogP contribution < -0.4 is 34.7 Å². The first-order chi connectivity index (χ1) is 54.1. The quantitative estimate of drug-likeness (QED) is 0.146. The highest BCUT2D eigenvalue weighted by Crippen LogP contribution is 2.32. The van der Waals surface area contributed by atoms with Crippen molar-refractivity contribution < 1.29 is 4.74 Å². The highest BCUT2D eigenvalue weighted by Gasteiger charge is 2.32. The molecule has 1 aliphatic carbocycles. The normalized spacial score (nSPS) is 18.0. The lowest BCUT2D eigenvalue weighted by Crippen LogP contribution is -2.48. The number of piperazine rings is 5. The zero-order valence-corrected chi connectivity index (χ0v) is 76.5. The van der Waals surface area contributed by atoms with Crippen LogP contribution in [0.1, 0.15) is 219 Å². The van der Waals surface area contributed by atoms with Crippen molar-refractivity contribution in [1.29, 1.82) is 0 Å². The van der Waals surface area contributed by atoms with Gasteiger partial charge in [-0.15, -0.1) is 0 Å². The van der Waals surface area contributed by atoms with E-state index in [1.807, 2.05) is 55.5 Å². The smallest absolute Gasteiger partial charge is 0.0642 e. The molecule has 0 atom stereocenters. The van der Waals surface area contributed by atoms with Gasteiger partial charge in [-0.1, -0.05) is 158 Å². The molecule has 13 heterocycles. The van der Waals surface area contributed by atoms with Gasteiger partial charge in [-0.25, -0.2) is 0 Å². The van der Waals surface area contributed by atoms with Gasteiger partial charge in [0.25, 0.3) is 0 Å². The Bertz CT molecular complexity index is 3690. The predicted octanol–water partition coefficient (Wildman–Crippen LogP) is 16.6. The SMILES string of the molecule is CC(C)(C)c1ccc(N2CCN(C3CC3)CC2)cn1.CC(C)(C)c1ccc(N2CCNCC2)cn1.CC(C)(C)c1ccc(N2CCOCC2)cn1.CC(C)(C)c1ccccn1.CC(C)N1CCN(c2ccc(C(C)(C)C)nc2)CC1.CCN1CCN(c2ccc(C(C)(C)C)nc2)CC1.CN1CCN(c2ccc(C(C)(C)C)nc2)CC1. The van der Waals surface area contributed by atoms with E-state index in [4.69, 9.17) is 4.74 Å². The predicted molar refractivity (Wildman–Crippen MR) is 488 cm³/mol. The van der Waals surface area contributed by atoms with Crippen molar-refractivity contribution in [1.82, 2.24) is 59.8 Å². The van der Waals surface area contributed by atoms with E-state index in [-0.39, 0.29) is 37.9 Å². The van der Waals surface area contributed by atoms with E-state index in [9.17, 15) is 0 Å². The summed E-state index contributed by atoms with van der Waals surface area (Å²) >= 11 is 0. The molecule has 0 unspecified atom stereocenters. The van der Waals surface area contributed by atoms with Crippen LogP contribution >= 0.6 is 0 Å². The summed E-state index contributed by atoms with van der Waals surface area (Å²) in [6.07, 6.45) is 16.8. The molecule has 0 aromatic carbocycles. The average Bonchev–Trinajstić information content (AvgIpc) is 0.988. The Labute approximate surface area is 698 Å². The second-order valence-electron chi connectivity index (χ2n) is 39.8. The summed E-state index contributed by atoms with van der Waals surface area (Å²) in [7, 11) is 2.18. The number of pyridine rings is 7. The summed E-state index contributed by atoms with van der Waals surface area (Å²) in [6.45, 7) is 80.2. The lowest BCUT2D eigenvalue weighted by molar-refractivity contribution is 0.122. The van der Waals surface area contributed by atoms with Crippen molar-refractivity contribution in [3.05, 3.63) is 174 Å². The summed E-state index contributed by atoms with van der Waals surface area (Å²) in [6, 6.07) is 33.8. The van der Waals surface area contributed by atoms with Crippen LogP contribution in [0, 0.1) is 0 Å². The number of anilines is 6. The lowest BCUT2D eigenvalue weighted by atomic mass is 9.92. The van der Waals surface area contributed by atoms with E-state index in [0.29, 0.717) is 6.04 Å². The molecular weight excluding hydrogens is 1420 g/mol. The third-order valence-corrected chi connectivity index (χ3v) is 22.6. The number of likely N-dealkylation sites (N-methyl/N-ethyl adjacent to an activating group) is 2. The first-order valence-electron chi connectivity index (χ1n) is 43.5. The Balaban J connectivity index is 0.000000169. The first-order valence-corrected chi connectivity index (χ1v) is 43.5. The fraction of sp³-hybridized carbons (Fsp3) is 0.635. The Morgan fingerprint density at radius 3 is 0.861 bits per heavy atom. The van der Waals surface area contributed by atoms with E-state index < -0.39 is 0 Å².